The third kappa shape index (κ3) is 3.81. The molecule has 1 N–H and O–H groups in total. The summed E-state index contributed by atoms with van der Waals surface area (Å²) in [5, 5.41) is 8.03. The molecule has 0 unspecified atom stereocenters. The normalized spacial score (nSPS) is 12.1. The molecule has 2 heterocycles. The molecule has 0 spiro atoms. The SMILES string of the molecule is Cn1cc(CNCc2ccc(Cl)s2)c(C(C)(C)C)n1. The Kier molecular flexibility index (Phi) is 4.33. The van der Waals surface area contributed by atoms with Crippen LogP contribution in [0.4, 0.5) is 0 Å². The minimum absolute atomic E-state index is 0.0739. The van der Waals surface area contributed by atoms with E-state index in [0.29, 0.717) is 0 Å². The number of halogens is 1. The van der Waals surface area contributed by atoms with E-state index < -0.39 is 0 Å². The zero-order valence-corrected chi connectivity index (χ0v) is 13.4. The summed E-state index contributed by atoms with van der Waals surface area (Å²) in [6.07, 6.45) is 2.09. The third-order valence-corrected chi connectivity index (χ3v) is 4.09. The summed E-state index contributed by atoms with van der Waals surface area (Å²) in [4.78, 5) is 1.26. The summed E-state index contributed by atoms with van der Waals surface area (Å²) >= 11 is 7.54. The maximum atomic E-state index is 5.92. The van der Waals surface area contributed by atoms with E-state index in [1.807, 2.05) is 17.8 Å². The molecule has 104 valence electrons. The van der Waals surface area contributed by atoms with Crippen molar-refractivity contribution in [2.75, 3.05) is 0 Å². The fourth-order valence-electron chi connectivity index (χ4n) is 2.07. The Morgan fingerprint density at radius 1 is 1.32 bits per heavy atom. The van der Waals surface area contributed by atoms with Gasteiger partial charge in [-0.1, -0.05) is 32.4 Å². The molecule has 0 atom stereocenters. The zero-order chi connectivity index (χ0) is 14.0. The van der Waals surface area contributed by atoms with Gasteiger partial charge in [-0.05, 0) is 12.1 Å². The number of nitrogens with one attached hydrogen (secondary N) is 1. The lowest BCUT2D eigenvalue weighted by molar-refractivity contribution is 0.543. The van der Waals surface area contributed by atoms with Crippen LogP contribution in [-0.4, -0.2) is 9.78 Å². The molecule has 0 saturated heterocycles. The van der Waals surface area contributed by atoms with Crippen molar-refractivity contribution in [2.24, 2.45) is 7.05 Å². The van der Waals surface area contributed by atoms with Crippen molar-refractivity contribution in [2.45, 2.75) is 39.3 Å². The first-order valence-corrected chi connectivity index (χ1v) is 7.53. The third-order valence-electron chi connectivity index (χ3n) is 2.86. The molecule has 0 radical (unpaired) electrons. The molecule has 0 amide bonds. The van der Waals surface area contributed by atoms with Gasteiger partial charge in [0, 0.05) is 42.2 Å². The van der Waals surface area contributed by atoms with Crippen molar-refractivity contribution in [1.29, 1.82) is 0 Å². The van der Waals surface area contributed by atoms with Crippen LogP contribution < -0.4 is 5.32 Å². The highest BCUT2D eigenvalue weighted by Gasteiger charge is 2.21. The fraction of sp³-hybridized carbons (Fsp3) is 0.500. The first-order chi connectivity index (χ1) is 8.86. The van der Waals surface area contributed by atoms with Crippen LogP contribution in [0.5, 0.6) is 0 Å². The molecule has 2 aromatic rings. The highest BCUT2D eigenvalue weighted by atomic mass is 35.5. The van der Waals surface area contributed by atoms with E-state index in [-0.39, 0.29) is 5.41 Å². The summed E-state index contributed by atoms with van der Waals surface area (Å²) in [5.74, 6) is 0. The molecule has 2 aromatic heterocycles. The van der Waals surface area contributed by atoms with Crippen molar-refractivity contribution in [3.05, 3.63) is 38.8 Å². The van der Waals surface area contributed by atoms with Crippen LogP contribution in [0.1, 0.15) is 36.9 Å². The van der Waals surface area contributed by atoms with Gasteiger partial charge in [0.1, 0.15) is 0 Å². The number of nitrogens with zero attached hydrogens (tertiary/aromatic N) is 2. The van der Waals surface area contributed by atoms with E-state index in [2.05, 4.69) is 43.4 Å². The lowest BCUT2D eigenvalue weighted by Crippen LogP contribution is -2.18. The smallest absolute Gasteiger partial charge is 0.0931 e. The van der Waals surface area contributed by atoms with Crippen LogP contribution in [0.15, 0.2) is 18.3 Å². The number of hydrogen-bond donors (Lipinski definition) is 1. The Bertz CT molecular complexity index is 551. The van der Waals surface area contributed by atoms with E-state index in [1.54, 1.807) is 11.3 Å². The largest absolute Gasteiger partial charge is 0.308 e. The molecule has 3 nitrogen and oxygen atoms in total. The standard InChI is InChI=1S/C14H20ClN3S/c1-14(2,3)13-10(9-18(4)17-13)7-16-8-11-5-6-12(15)19-11/h5-6,9,16H,7-8H2,1-4H3. The molecule has 0 bridgehead atoms. The molecule has 19 heavy (non-hydrogen) atoms. The molecule has 0 saturated carbocycles. The Balaban J connectivity index is 2.00. The summed E-state index contributed by atoms with van der Waals surface area (Å²) in [6, 6.07) is 4.00. The number of rotatable bonds is 4. The van der Waals surface area contributed by atoms with E-state index >= 15 is 0 Å². The minimum Gasteiger partial charge on any atom is -0.308 e. The van der Waals surface area contributed by atoms with E-state index in [0.717, 1.165) is 23.1 Å². The van der Waals surface area contributed by atoms with Crippen LogP contribution in [0.25, 0.3) is 0 Å². The number of aromatic nitrogens is 2. The first kappa shape index (κ1) is 14.6. The second kappa shape index (κ2) is 5.65. The Morgan fingerprint density at radius 3 is 2.63 bits per heavy atom. The van der Waals surface area contributed by atoms with Crippen LogP contribution in [0, 0.1) is 0 Å². The van der Waals surface area contributed by atoms with Gasteiger partial charge in [0.2, 0.25) is 0 Å². The van der Waals surface area contributed by atoms with Gasteiger partial charge in [0.25, 0.3) is 0 Å². The molecule has 0 aliphatic carbocycles. The quantitative estimate of drug-likeness (QED) is 0.932. The predicted octanol–water partition coefficient (Wildman–Crippen LogP) is 3.72. The number of aryl methyl sites for hydroxylation is 1. The zero-order valence-electron chi connectivity index (χ0n) is 11.8. The topological polar surface area (TPSA) is 29.9 Å². The first-order valence-electron chi connectivity index (χ1n) is 6.34. The van der Waals surface area contributed by atoms with Crippen molar-refractivity contribution in [1.82, 2.24) is 15.1 Å². The van der Waals surface area contributed by atoms with Crippen LogP contribution in [0.2, 0.25) is 4.34 Å². The number of hydrogen-bond acceptors (Lipinski definition) is 3. The molecule has 5 heteroatoms. The van der Waals surface area contributed by atoms with Crippen LogP contribution in [0.3, 0.4) is 0 Å². The lowest BCUT2D eigenvalue weighted by Gasteiger charge is -2.17. The summed E-state index contributed by atoms with van der Waals surface area (Å²) < 4.78 is 2.73. The van der Waals surface area contributed by atoms with Gasteiger partial charge in [0.15, 0.2) is 0 Å². The second-order valence-corrected chi connectivity index (χ2v) is 7.54. The van der Waals surface area contributed by atoms with E-state index in [9.17, 15) is 0 Å². The predicted molar refractivity (Wildman–Crippen MR) is 81.8 cm³/mol. The highest BCUT2D eigenvalue weighted by molar-refractivity contribution is 7.16. The van der Waals surface area contributed by atoms with Gasteiger partial charge >= 0.3 is 0 Å². The maximum Gasteiger partial charge on any atom is 0.0931 e. The fourth-order valence-corrected chi connectivity index (χ4v) is 3.12. The average Bonchev–Trinajstić information content (AvgIpc) is 2.85. The summed E-state index contributed by atoms with van der Waals surface area (Å²) in [7, 11) is 1.97. The van der Waals surface area contributed by atoms with Crippen LogP contribution >= 0.6 is 22.9 Å². The van der Waals surface area contributed by atoms with Gasteiger partial charge in [-0.25, -0.2) is 0 Å². The number of thiophene rings is 1. The minimum atomic E-state index is 0.0739. The molecule has 0 aromatic carbocycles. The molecular weight excluding hydrogens is 278 g/mol. The summed E-state index contributed by atoms with van der Waals surface area (Å²) in [6.45, 7) is 8.25. The molecule has 2 rings (SSSR count). The molecule has 0 aliphatic heterocycles. The van der Waals surface area contributed by atoms with Gasteiger partial charge in [-0.3, -0.25) is 4.68 Å². The Morgan fingerprint density at radius 2 is 2.05 bits per heavy atom. The van der Waals surface area contributed by atoms with E-state index in [4.69, 9.17) is 11.6 Å². The highest BCUT2D eigenvalue weighted by Crippen LogP contribution is 2.24. The van der Waals surface area contributed by atoms with Crippen molar-refractivity contribution >= 4 is 22.9 Å². The van der Waals surface area contributed by atoms with Gasteiger partial charge < -0.3 is 5.32 Å². The Labute approximate surface area is 123 Å². The van der Waals surface area contributed by atoms with Crippen molar-refractivity contribution < 1.29 is 0 Å². The van der Waals surface area contributed by atoms with Crippen molar-refractivity contribution in [3.8, 4) is 0 Å². The monoisotopic (exact) mass is 297 g/mol. The van der Waals surface area contributed by atoms with E-state index in [1.165, 1.54) is 10.4 Å². The lowest BCUT2D eigenvalue weighted by atomic mass is 9.89. The molecule has 0 aliphatic rings. The Hall–Kier alpha value is -0.840. The molecule has 0 fully saturated rings. The van der Waals surface area contributed by atoms with Gasteiger partial charge in [-0.2, -0.15) is 5.10 Å². The maximum absolute atomic E-state index is 5.92. The van der Waals surface area contributed by atoms with Crippen LogP contribution in [-0.2, 0) is 25.6 Å². The van der Waals surface area contributed by atoms with Gasteiger partial charge in [-0.15, -0.1) is 11.3 Å². The summed E-state index contributed by atoms with van der Waals surface area (Å²) in [5.41, 5.74) is 2.49. The average molecular weight is 298 g/mol. The van der Waals surface area contributed by atoms with Gasteiger partial charge in [0.05, 0.1) is 10.0 Å². The molecular formula is C14H20ClN3S. The second-order valence-electron chi connectivity index (χ2n) is 5.74. The van der Waals surface area contributed by atoms with Crippen molar-refractivity contribution in [3.63, 3.8) is 0 Å².